The highest BCUT2D eigenvalue weighted by Crippen LogP contribution is 2.12. The van der Waals surface area contributed by atoms with Gasteiger partial charge in [-0.2, -0.15) is 0 Å². The third-order valence-electron chi connectivity index (χ3n) is 3.07. The van der Waals surface area contributed by atoms with Gasteiger partial charge in [-0.05, 0) is 29.8 Å². The minimum atomic E-state index is 0.680. The van der Waals surface area contributed by atoms with E-state index in [1.165, 1.54) is 11.3 Å². The first-order valence-corrected chi connectivity index (χ1v) is 6.90. The van der Waals surface area contributed by atoms with Crippen LogP contribution >= 0.6 is 0 Å². The highest BCUT2D eigenvalue weighted by Gasteiger charge is 1.96. The molecule has 0 atom stereocenters. The number of anilines is 1. The van der Waals surface area contributed by atoms with Crippen LogP contribution in [-0.4, -0.2) is 27.2 Å². The fourth-order valence-corrected chi connectivity index (χ4v) is 1.90. The van der Waals surface area contributed by atoms with E-state index in [0.29, 0.717) is 6.61 Å². The van der Waals surface area contributed by atoms with Gasteiger partial charge in [0.25, 0.3) is 0 Å². The van der Waals surface area contributed by atoms with Crippen molar-refractivity contribution in [3.63, 3.8) is 0 Å². The van der Waals surface area contributed by atoms with Crippen molar-refractivity contribution in [1.82, 2.24) is 5.32 Å². The van der Waals surface area contributed by atoms with E-state index in [-0.39, 0.29) is 0 Å². The monoisotopic (exact) mass is 270 g/mol. The minimum absolute atomic E-state index is 0.680. The number of hydrogen-bond acceptors (Lipinski definition) is 3. The summed E-state index contributed by atoms with van der Waals surface area (Å²) in [4.78, 5) is 2.10. The number of para-hydroxylation sites is 1. The summed E-state index contributed by atoms with van der Waals surface area (Å²) in [6, 6.07) is 18.5. The van der Waals surface area contributed by atoms with Crippen molar-refractivity contribution in [2.45, 2.75) is 6.54 Å². The molecule has 0 aliphatic heterocycles. The van der Waals surface area contributed by atoms with E-state index in [9.17, 15) is 0 Å². The second kappa shape index (κ2) is 7.56. The van der Waals surface area contributed by atoms with Crippen LogP contribution in [-0.2, 0) is 6.54 Å². The summed E-state index contributed by atoms with van der Waals surface area (Å²) in [5.74, 6) is 0.921. The Morgan fingerprint density at radius 1 is 0.950 bits per heavy atom. The molecule has 0 spiro atoms. The number of nitrogens with one attached hydrogen (secondary N) is 1. The molecule has 3 nitrogen and oxygen atoms in total. The third-order valence-corrected chi connectivity index (χ3v) is 3.07. The maximum absolute atomic E-state index is 5.63. The molecule has 0 heterocycles. The zero-order chi connectivity index (χ0) is 14.2. The Kier molecular flexibility index (Phi) is 5.44. The quantitative estimate of drug-likeness (QED) is 0.783. The summed E-state index contributed by atoms with van der Waals surface area (Å²) < 4.78 is 5.63. The molecule has 0 bridgehead atoms. The molecule has 0 fully saturated rings. The zero-order valence-corrected chi connectivity index (χ0v) is 12.2. The molecule has 106 valence electrons. The number of nitrogens with zero attached hydrogens (tertiary/aromatic N) is 1. The average molecular weight is 270 g/mol. The molecule has 0 unspecified atom stereocenters. The Balaban J connectivity index is 1.66. The van der Waals surface area contributed by atoms with Crippen LogP contribution in [0.4, 0.5) is 5.69 Å². The largest absolute Gasteiger partial charge is 0.492 e. The van der Waals surface area contributed by atoms with Gasteiger partial charge in [-0.25, -0.2) is 0 Å². The van der Waals surface area contributed by atoms with Gasteiger partial charge in [0.05, 0.1) is 0 Å². The topological polar surface area (TPSA) is 24.5 Å². The van der Waals surface area contributed by atoms with Crippen molar-refractivity contribution < 1.29 is 4.74 Å². The number of rotatable bonds is 7. The summed E-state index contributed by atoms with van der Waals surface area (Å²) >= 11 is 0. The summed E-state index contributed by atoms with van der Waals surface area (Å²) in [6.45, 7) is 2.38. The predicted molar refractivity (Wildman–Crippen MR) is 84.4 cm³/mol. The lowest BCUT2D eigenvalue weighted by Crippen LogP contribution is -2.20. The van der Waals surface area contributed by atoms with E-state index in [2.05, 4.69) is 34.5 Å². The van der Waals surface area contributed by atoms with Crippen LogP contribution in [0.5, 0.6) is 5.75 Å². The van der Waals surface area contributed by atoms with Crippen molar-refractivity contribution in [2.75, 3.05) is 32.1 Å². The summed E-state index contributed by atoms with van der Waals surface area (Å²) in [7, 11) is 4.10. The van der Waals surface area contributed by atoms with Crippen molar-refractivity contribution in [3.05, 3.63) is 60.2 Å². The van der Waals surface area contributed by atoms with Crippen LogP contribution in [0.1, 0.15) is 5.56 Å². The van der Waals surface area contributed by atoms with Crippen molar-refractivity contribution in [2.24, 2.45) is 0 Å². The molecule has 0 aliphatic carbocycles. The van der Waals surface area contributed by atoms with Gasteiger partial charge in [0.15, 0.2) is 0 Å². The van der Waals surface area contributed by atoms with Crippen LogP contribution in [0.3, 0.4) is 0 Å². The Bertz CT molecular complexity index is 494. The fraction of sp³-hybridized carbons (Fsp3) is 0.294. The number of hydrogen-bond donors (Lipinski definition) is 1. The van der Waals surface area contributed by atoms with Crippen molar-refractivity contribution in [1.29, 1.82) is 0 Å². The molecule has 0 aromatic heterocycles. The normalized spacial score (nSPS) is 10.3. The Labute approximate surface area is 121 Å². The number of benzene rings is 2. The lowest BCUT2D eigenvalue weighted by molar-refractivity contribution is 0.313. The first-order chi connectivity index (χ1) is 9.75. The minimum Gasteiger partial charge on any atom is -0.492 e. The molecule has 20 heavy (non-hydrogen) atoms. The molecule has 3 heteroatoms. The first-order valence-electron chi connectivity index (χ1n) is 6.90. The van der Waals surface area contributed by atoms with Gasteiger partial charge in [0.1, 0.15) is 12.4 Å². The maximum Gasteiger partial charge on any atom is 0.119 e. The first kappa shape index (κ1) is 14.4. The summed E-state index contributed by atoms with van der Waals surface area (Å²) in [5.41, 5.74) is 2.51. The van der Waals surface area contributed by atoms with Crippen LogP contribution < -0.4 is 15.0 Å². The molecular formula is C17H22N2O. The zero-order valence-electron chi connectivity index (χ0n) is 12.2. The average Bonchev–Trinajstić information content (AvgIpc) is 2.48. The fourth-order valence-electron chi connectivity index (χ4n) is 1.90. The van der Waals surface area contributed by atoms with Crippen molar-refractivity contribution in [3.8, 4) is 5.75 Å². The molecule has 2 rings (SSSR count). The Morgan fingerprint density at radius 3 is 2.30 bits per heavy atom. The smallest absolute Gasteiger partial charge is 0.119 e. The van der Waals surface area contributed by atoms with Gasteiger partial charge < -0.3 is 15.0 Å². The van der Waals surface area contributed by atoms with Gasteiger partial charge in [-0.15, -0.1) is 0 Å². The molecule has 0 amide bonds. The van der Waals surface area contributed by atoms with E-state index >= 15 is 0 Å². The van der Waals surface area contributed by atoms with Gasteiger partial charge in [0.2, 0.25) is 0 Å². The lowest BCUT2D eigenvalue weighted by Gasteiger charge is -2.13. The van der Waals surface area contributed by atoms with Gasteiger partial charge in [-0.3, -0.25) is 0 Å². The van der Waals surface area contributed by atoms with Crippen LogP contribution in [0.15, 0.2) is 54.6 Å². The molecule has 1 N–H and O–H groups in total. The summed E-state index contributed by atoms with van der Waals surface area (Å²) in [6.07, 6.45) is 0. The molecule has 2 aromatic rings. The molecule has 0 radical (unpaired) electrons. The van der Waals surface area contributed by atoms with Crippen molar-refractivity contribution >= 4 is 5.69 Å². The van der Waals surface area contributed by atoms with E-state index < -0.39 is 0 Å². The molecular weight excluding hydrogens is 248 g/mol. The van der Waals surface area contributed by atoms with Crippen LogP contribution in [0.2, 0.25) is 0 Å². The second-order valence-corrected chi connectivity index (χ2v) is 4.90. The van der Waals surface area contributed by atoms with E-state index in [1.807, 2.05) is 44.4 Å². The number of ether oxygens (including phenoxy) is 1. The Morgan fingerprint density at radius 2 is 1.65 bits per heavy atom. The van der Waals surface area contributed by atoms with Gasteiger partial charge in [-0.1, -0.05) is 30.3 Å². The standard InChI is InChI=1S/C17H22N2O/c1-19(2)16-10-8-15(9-11-16)14-18-12-13-20-17-6-4-3-5-7-17/h3-11,18H,12-14H2,1-2H3. The second-order valence-electron chi connectivity index (χ2n) is 4.90. The molecule has 0 aliphatic rings. The predicted octanol–water partition coefficient (Wildman–Crippen LogP) is 2.92. The molecule has 0 saturated carbocycles. The van der Waals surface area contributed by atoms with Gasteiger partial charge in [0, 0.05) is 32.9 Å². The van der Waals surface area contributed by atoms with E-state index in [4.69, 9.17) is 4.74 Å². The van der Waals surface area contributed by atoms with Gasteiger partial charge >= 0.3 is 0 Å². The van der Waals surface area contributed by atoms with Crippen LogP contribution in [0.25, 0.3) is 0 Å². The van der Waals surface area contributed by atoms with Crippen LogP contribution in [0, 0.1) is 0 Å². The third kappa shape index (κ3) is 4.59. The Hall–Kier alpha value is -2.00. The SMILES string of the molecule is CN(C)c1ccc(CNCCOc2ccccc2)cc1. The summed E-state index contributed by atoms with van der Waals surface area (Å²) in [5, 5.41) is 3.38. The van der Waals surface area contributed by atoms with E-state index in [0.717, 1.165) is 18.8 Å². The maximum atomic E-state index is 5.63. The lowest BCUT2D eigenvalue weighted by atomic mass is 10.2. The molecule has 2 aromatic carbocycles. The highest BCUT2D eigenvalue weighted by atomic mass is 16.5. The molecule has 0 saturated heterocycles. The highest BCUT2D eigenvalue weighted by molar-refractivity contribution is 5.45. The van der Waals surface area contributed by atoms with E-state index in [1.54, 1.807) is 0 Å².